The first-order valence-corrected chi connectivity index (χ1v) is 5.84. The van der Waals surface area contributed by atoms with Crippen molar-refractivity contribution in [2.75, 3.05) is 26.3 Å². The first-order chi connectivity index (χ1) is 7.27. The van der Waals surface area contributed by atoms with Crippen molar-refractivity contribution in [3.8, 4) is 0 Å². The number of hydrogen-bond donors (Lipinski definition) is 1. The summed E-state index contributed by atoms with van der Waals surface area (Å²) in [7, 11) is 0. The largest absolute Gasteiger partial charge is 0.376 e. The molecule has 0 aromatic heterocycles. The number of alkyl halides is 2. The maximum atomic E-state index is 11.6. The summed E-state index contributed by atoms with van der Waals surface area (Å²) in [5, 5.41) is 3.32. The Kier molecular flexibility index (Phi) is 11.7. The molecule has 0 bridgehead atoms. The van der Waals surface area contributed by atoms with E-state index in [1.807, 2.05) is 0 Å². The fourth-order valence-corrected chi connectivity index (χ4v) is 1.28. The summed E-state index contributed by atoms with van der Waals surface area (Å²) in [4.78, 5) is 0. The van der Waals surface area contributed by atoms with Gasteiger partial charge in [-0.25, -0.2) is 8.78 Å². The van der Waals surface area contributed by atoms with Gasteiger partial charge in [-0.2, -0.15) is 0 Å². The maximum Gasteiger partial charge on any atom is 0.261 e. The minimum absolute atomic E-state index is 0.419. The van der Waals surface area contributed by atoms with Crippen LogP contribution in [0.25, 0.3) is 0 Å². The Morgan fingerprint density at radius 3 is 2.47 bits per heavy atom. The van der Waals surface area contributed by atoms with E-state index in [1.165, 1.54) is 6.42 Å². The van der Waals surface area contributed by atoms with Gasteiger partial charge in [-0.3, -0.25) is 0 Å². The van der Waals surface area contributed by atoms with Crippen molar-refractivity contribution < 1.29 is 13.5 Å². The second-order valence-electron chi connectivity index (χ2n) is 3.63. The van der Waals surface area contributed by atoms with Crippen molar-refractivity contribution in [2.24, 2.45) is 0 Å². The van der Waals surface area contributed by atoms with E-state index in [0.29, 0.717) is 6.61 Å². The van der Waals surface area contributed by atoms with Gasteiger partial charge in [0.2, 0.25) is 0 Å². The van der Waals surface area contributed by atoms with Gasteiger partial charge >= 0.3 is 0 Å². The molecule has 4 heteroatoms. The molecule has 0 saturated heterocycles. The molecule has 0 amide bonds. The zero-order chi connectivity index (χ0) is 11.4. The Morgan fingerprint density at radius 1 is 1.07 bits per heavy atom. The van der Waals surface area contributed by atoms with Crippen LogP contribution in [0.15, 0.2) is 0 Å². The lowest BCUT2D eigenvalue weighted by atomic mass is 10.2. The van der Waals surface area contributed by atoms with Crippen molar-refractivity contribution >= 4 is 0 Å². The van der Waals surface area contributed by atoms with Crippen molar-refractivity contribution in [3.05, 3.63) is 0 Å². The summed E-state index contributed by atoms with van der Waals surface area (Å²) in [6, 6.07) is 0. The lowest BCUT2D eigenvalue weighted by Gasteiger charge is -2.04. The second kappa shape index (κ2) is 11.9. The molecule has 0 spiro atoms. The normalized spacial score (nSPS) is 11.2. The number of unbranched alkanes of at least 4 members (excludes halogenated alkanes) is 3. The van der Waals surface area contributed by atoms with Crippen molar-refractivity contribution in [2.45, 2.75) is 45.5 Å². The van der Waals surface area contributed by atoms with Crippen LogP contribution in [0.5, 0.6) is 0 Å². The first kappa shape index (κ1) is 14.8. The predicted molar refractivity (Wildman–Crippen MR) is 58.5 cm³/mol. The van der Waals surface area contributed by atoms with E-state index in [0.717, 1.165) is 38.8 Å². The molecule has 0 saturated carbocycles. The third-order valence-electron chi connectivity index (χ3n) is 2.06. The van der Waals surface area contributed by atoms with Gasteiger partial charge in [-0.1, -0.05) is 19.8 Å². The molecular weight excluding hydrogens is 200 g/mol. The van der Waals surface area contributed by atoms with Gasteiger partial charge in [0.15, 0.2) is 0 Å². The highest BCUT2D eigenvalue weighted by Crippen LogP contribution is 2.00. The van der Waals surface area contributed by atoms with Crippen molar-refractivity contribution in [3.63, 3.8) is 0 Å². The van der Waals surface area contributed by atoms with Gasteiger partial charge in [-0.05, 0) is 32.4 Å². The molecule has 0 aromatic carbocycles. The standard InChI is InChI=1S/C11H23F2NO/c1-2-7-14-8-5-3-4-6-9-15-10-11(12)13/h11,14H,2-10H2,1H3. The third-order valence-corrected chi connectivity index (χ3v) is 2.06. The molecule has 15 heavy (non-hydrogen) atoms. The van der Waals surface area contributed by atoms with E-state index in [-0.39, 0.29) is 0 Å². The molecule has 0 aliphatic rings. The summed E-state index contributed by atoms with van der Waals surface area (Å²) in [5.74, 6) is 0. The maximum absolute atomic E-state index is 11.6. The average Bonchev–Trinajstić information content (AvgIpc) is 2.20. The van der Waals surface area contributed by atoms with Crippen LogP contribution in [0.1, 0.15) is 39.0 Å². The zero-order valence-electron chi connectivity index (χ0n) is 9.61. The van der Waals surface area contributed by atoms with Gasteiger partial charge in [0.25, 0.3) is 6.43 Å². The summed E-state index contributed by atoms with van der Waals surface area (Å²) in [6.07, 6.45) is 3.10. The van der Waals surface area contributed by atoms with Crippen LogP contribution in [-0.4, -0.2) is 32.7 Å². The number of halogens is 2. The molecule has 2 nitrogen and oxygen atoms in total. The lowest BCUT2D eigenvalue weighted by Crippen LogP contribution is -2.15. The van der Waals surface area contributed by atoms with Gasteiger partial charge in [-0.15, -0.1) is 0 Å². The van der Waals surface area contributed by atoms with Gasteiger partial charge in [0, 0.05) is 6.61 Å². The van der Waals surface area contributed by atoms with E-state index in [4.69, 9.17) is 4.74 Å². The molecule has 0 aliphatic heterocycles. The Morgan fingerprint density at radius 2 is 1.80 bits per heavy atom. The minimum atomic E-state index is -2.33. The van der Waals surface area contributed by atoms with Gasteiger partial charge in [0.1, 0.15) is 6.61 Å². The minimum Gasteiger partial charge on any atom is -0.376 e. The molecule has 0 atom stereocenters. The number of rotatable bonds is 11. The Bertz CT molecular complexity index is 123. The van der Waals surface area contributed by atoms with Crippen LogP contribution in [0.4, 0.5) is 8.78 Å². The molecule has 0 radical (unpaired) electrons. The molecule has 0 rings (SSSR count). The Balaban J connectivity index is 2.87. The molecule has 0 heterocycles. The SMILES string of the molecule is CCCNCCCCCCOCC(F)F. The molecule has 1 N–H and O–H groups in total. The monoisotopic (exact) mass is 223 g/mol. The van der Waals surface area contributed by atoms with Crippen LogP contribution in [-0.2, 0) is 4.74 Å². The van der Waals surface area contributed by atoms with E-state index in [1.54, 1.807) is 0 Å². The van der Waals surface area contributed by atoms with E-state index >= 15 is 0 Å². The number of hydrogen-bond acceptors (Lipinski definition) is 2. The molecule has 0 aliphatic carbocycles. The second-order valence-corrected chi connectivity index (χ2v) is 3.63. The first-order valence-electron chi connectivity index (χ1n) is 5.84. The molecule has 0 aromatic rings. The molecule has 92 valence electrons. The van der Waals surface area contributed by atoms with Crippen molar-refractivity contribution in [1.29, 1.82) is 0 Å². The third kappa shape index (κ3) is 13.8. The fourth-order valence-electron chi connectivity index (χ4n) is 1.28. The highest BCUT2D eigenvalue weighted by Gasteiger charge is 2.00. The highest BCUT2D eigenvalue weighted by molar-refractivity contribution is 4.48. The highest BCUT2D eigenvalue weighted by atomic mass is 19.3. The molecule has 0 fully saturated rings. The van der Waals surface area contributed by atoms with Crippen molar-refractivity contribution in [1.82, 2.24) is 5.32 Å². The van der Waals surface area contributed by atoms with E-state index in [9.17, 15) is 8.78 Å². The molecule has 0 unspecified atom stereocenters. The van der Waals surface area contributed by atoms with Crippen LogP contribution in [0.3, 0.4) is 0 Å². The van der Waals surface area contributed by atoms with E-state index < -0.39 is 13.0 Å². The fraction of sp³-hybridized carbons (Fsp3) is 1.00. The predicted octanol–water partition coefficient (Wildman–Crippen LogP) is 2.83. The van der Waals surface area contributed by atoms with E-state index in [2.05, 4.69) is 12.2 Å². The summed E-state index contributed by atoms with van der Waals surface area (Å²) >= 11 is 0. The van der Waals surface area contributed by atoms with Crippen LogP contribution < -0.4 is 5.32 Å². The number of ether oxygens (including phenoxy) is 1. The quantitative estimate of drug-likeness (QED) is 0.544. The Labute approximate surface area is 91.4 Å². The van der Waals surface area contributed by atoms with Crippen LogP contribution >= 0.6 is 0 Å². The van der Waals surface area contributed by atoms with Gasteiger partial charge < -0.3 is 10.1 Å². The lowest BCUT2D eigenvalue weighted by molar-refractivity contribution is 0.0162. The van der Waals surface area contributed by atoms with Gasteiger partial charge in [0.05, 0.1) is 0 Å². The summed E-state index contributed by atoms with van der Waals surface area (Å²) < 4.78 is 28.1. The van der Waals surface area contributed by atoms with Crippen LogP contribution in [0.2, 0.25) is 0 Å². The summed E-state index contributed by atoms with van der Waals surface area (Å²) in [5.41, 5.74) is 0. The topological polar surface area (TPSA) is 21.3 Å². The summed E-state index contributed by atoms with van der Waals surface area (Å²) in [6.45, 7) is 4.33. The molecular formula is C11H23F2NO. The number of nitrogens with one attached hydrogen (secondary N) is 1. The average molecular weight is 223 g/mol. The Hall–Kier alpha value is -0.220. The zero-order valence-corrected chi connectivity index (χ0v) is 9.61. The smallest absolute Gasteiger partial charge is 0.261 e. The van der Waals surface area contributed by atoms with Crippen LogP contribution in [0, 0.1) is 0 Å².